The van der Waals surface area contributed by atoms with E-state index in [0.717, 1.165) is 17.8 Å². The van der Waals surface area contributed by atoms with Crippen LogP contribution < -0.4 is 15.5 Å². The topological polar surface area (TPSA) is 44.4 Å². The molecule has 4 nitrogen and oxygen atoms in total. The Bertz CT molecular complexity index is 490. The van der Waals surface area contributed by atoms with Crippen LogP contribution in [0.3, 0.4) is 0 Å². The van der Waals surface area contributed by atoms with Crippen molar-refractivity contribution in [2.45, 2.75) is 19.9 Å². The van der Waals surface area contributed by atoms with Crippen molar-refractivity contribution in [1.29, 1.82) is 0 Å². The molecule has 0 aliphatic carbocycles. The molecule has 0 radical (unpaired) electrons. The molecule has 2 rings (SSSR count). The lowest BCUT2D eigenvalue weighted by Crippen LogP contribution is -2.48. The SMILES string of the molecule is CNC(C)c1cc(F)c(C)cc1N1CCNC(=O)C1. The van der Waals surface area contributed by atoms with Crippen LogP contribution in [-0.2, 0) is 4.79 Å². The standard InChI is InChI=1S/C14H20FN3O/c1-9-6-13(18-5-4-17-14(19)8-18)11(7-12(9)15)10(2)16-3/h6-7,10,16H,4-5,8H2,1-3H3,(H,17,19). The molecule has 1 aliphatic rings. The third kappa shape index (κ3) is 2.87. The molecule has 2 N–H and O–H groups in total. The Hall–Kier alpha value is -1.62. The maximum atomic E-state index is 13.8. The summed E-state index contributed by atoms with van der Waals surface area (Å²) in [6.07, 6.45) is 0. The number of carbonyl (C=O) groups is 1. The van der Waals surface area contributed by atoms with Crippen LogP contribution in [0.4, 0.5) is 10.1 Å². The molecule has 1 aromatic rings. The lowest BCUT2D eigenvalue weighted by molar-refractivity contribution is -0.120. The summed E-state index contributed by atoms with van der Waals surface area (Å²) in [6.45, 7) is 5.44. The van der Waals surface area contributed by atoms with E-state index in [1.54, 1.807) is 13.0 Å². The van der Waals surface area contributed by atoms with Gasteiger partial charge in [0.15, 0.2) is 0 Å². The second-order valence-corrected chi connectivity index (χ2v) is 4.94. The Balaban J connectivity index is 2.41. The third-order valence-corrected chi connectivity index (χ3v) is 3.59. The lowest BCUT2D eigenvalue weighted by Gasteiger charge is -2.32. The van der Waals surface area contributed by atoms with Gasteiger partial charge < -0.3 is 15.5 Å². The summed E-state index contributed by atoms with van der Waals surface area (Å²) in [5.41, 5.74) is 2.43. The highest BCUT2D eigenvalue weighted by molar-refractivity contribution is 5.83. The van der Waals surface area contributed by atoms with Crippen molar-refractivity contribution < 1.29 is 9.18 Å². The largest absolute Gasteiger partial charge is 0.360 e. The molecule has 1 unspecified atom stereocenters. The number of aryl methyl sites for hydroxylation is 1. The number of rotatable bonds is 3. The van der Waals surface area contributed by atoms with Crippen molar-refractivity contribution in [3.63, 3.8) is 0 Å². The van der Waals surface area contributed by atoms with Gasteiger partial charge in [-0.3, -0.25) is 4.79 Å². The molecule has 0 aromatic heterocycles. The molecule has 1 aliphatic heterocycles. The molecular formula is C14H20FN3O. The van der Waals surface area contributed by atoms with E-state index in [9.17, 15) is 9.18 Å². The van der Waals surface area contributed by atoms with E-state index in [4.69, 9.17) is 0 Å². The fraction of sp³-hybridized carbons (Fsp3) is 0.500. The first-order chi connectivity index (χ1) is 9.02. The Kier molecular flexibility index (Phi) is 4.04. The van der Waals surface area contributed by atoms with E-state index < -0.39 is 0 Å². The van der Waals surface area contributed by atoms with Crippen LogP contribution in [0.1, 0.15) is 24.1 Å². The summed E-state index contributed by atoms with van der Waals surface area (Å²) in [7, 11) is 1.84. The van der Waals surface area contributed by atoms with Crippen LogP contribution in [0.5, 0.6) is 0 Å². The predicted molar refractivity (Wildman–Crippen MR) is 73.8 cm³/mol. The second kappa shape index (κ2) is 5.57. The second-order valence-electron chi connectivity index (χ2n) is 4.94. The monoisotopic (exact) mass is 265 g/mol. The minimum Gasteiger partial charge on any atom is -0.360 e. The molecule has 0 saturated carbocycles. The predicted octanol–water partition coefficient (Wildman–Crippen LogP) is 1.35. The van der Waals surface area contributed by atoms with Gasteiger partial charge in [0, 0.05) is 24.8 Å². The van der Waals surface area contributed by atoms with Crippen LogP contribution in [0.25, 0.3) is 0 Å². The normalized spacial score (nSPS) is 17.3. The highest BCUT2D eigenvalue weighted by Crippen LogP contribution is 2.29. The zero-order valence-electron chi connectivity index (χ0n) is 11.6. The third-order valence-electron chi connectivity index (χ3n) is 3.59. The fourth-order valence-corrected chi connectivity index (χ4v) is 2.30. The number of halogens is 1. The molecule has 1 amide bonds. The summed E-state index contributed by atoms with van der Waals surface area (Å²) in [6, 6.07) is 3.44. The number of carbonyl (C=O) groups excluding carboxylic acids is 1. The van der Waals surface area contributed by atoms with Crippen LogP contribution in [-0.4, -0.2) is 32.6 Å². The molecule has 1 heterocycles. The average Bonchev–Trinajstić information content (AvgIpc) is 2.40. The van der Waals surface area contributed by atoms with E-state index in [-0.39, 0.29) is 17.8 Å². The van der Waals surface area contributed by atoms with Gasteiger partial charge in [-0.15, -0.1) is 0 Å². The number of nitrogens with one attached hydrogen (secondary N) is 2. The molecular weight excluding hydrogens is 245 g/mol. The van der Waals surface area contributed by atoms with Gasteiger partial charge >= 0.3 is 0 Å². The molecule has 1 atom stereocenters. The summed E-state index contributed by atoms with van der Waals surface area (Å²) < 4.78 is 13.8. The number of amides is 1. The average molecular weight is 265 g/mol. The molecule has 0 spiro atoms. The van der Waals surface area contributed by atoms with Gasteiger partial charge in [0.2, 0.25) is 5.91 Å². The minimum absolute atomic E-state index is 0.0105. The number of nitrogens with zero attached hydrogens (tertiary/aromatic N) is 1. The van der Waals surface area contributed by atoms with Gasteiger partial charge in [-0.2, -0.15) is 0 Å². The molecule has 5 heteroatoms. The van der Waals surface area contributed by atoms with Gasteiger partial charge in [-0.05, 0) is 44.2 Å². The van der Waals surface area contributed by atoms with Crippen LogP contribution >= 0.6 is 0 Å². The highest BCUT2D eigenvalue weighted by atomic mass is 19.1. The summed E-state index contributed by atoms with van der Waals surface area (Å²) >= 11 is 0. The lowest BCUT2D eigenvalue weighted by atomic mass is 10.0. The molecule has 1 aromatic carbocycles. The Morgan fingerprint density at radius 3 is 2.84 bits per heavy atom. The smallest absolute Gasteiger partial charge is 0.239 e. The van der Waals surface area contributed by atoms with E-state index in [0.29, 0.717) is 18.7 Å². The Labute approximate surface area is 113 Å². The number of anilines is 1. The molecule has 19 heavy (non-hydrogen) atoms. The van der Waals surface area contributed by atoms with Crippen molar-refractivity contribution in [2.24, 2.45) is 0 Å². The quantitative estimate of drug-likeness (QED) is 0.867. The Morgan fingerprint density at radius 1 is 1.47 bits per heavy atom. The zero-order chi connectivity index (χ0) is 14.0. The molecule has 1 saturated heterocycles. The maximum Gasteiger partial charge on any atom is 0.239 e. The van der Waals surface area contributed by atoms with Crippen molar-refractivity contribution in [2.75, 3.05) is 31.6 Å². The maximum absolute atomic E-state index is 13.8. The first kappa shape index (κ1) is 13.8. The summed E-state index contributed by atoms with van der Waals surface area (Å²) in [5.74, 6) is -0.196. The van der Waals surface area contributed by atoms with E-state index >= 15 is 0 Å². The van der Waals surface area contributed by atoms with E-state index in [1.807, 2.05) is 24.9 Å². The van der Waals surface area contributed by atoms with E-state index in [1.165, 1.54) is 0 Å². The zero-order valence-corrected chi connectivity index (χ0v) is 11.6. The van der Waals surface area contributed by atoms with Crippen molar-refractivity contribution in [1.82, 2.24) is 10.6 Å². The van der Waals surface area contributed by atoms with Crippen LogP contribution in [0.2, 0.25) is 0 Å². The molecule has 0 bridgehead atoms. The van der Waals surface area contributed by atoms with Crippen molar-refractivity contribution in [3.8, 4) is 0 Å². The van der Waals surface area contributed by atoms with Gasteiger partial charge in [-0.25, -0.2) is 4.39 Å². The number of hydrogen-bond acceptors (Lipinski definition) is 3. The van der Waals surface area contributed by atoms with E-state index in [2.05, 4.69) is 10.6 Å². The van der Waals surface area contributed by atoms with Gasteiger partial charge in [0.1, 0.15) is 5.82 Å². The highest BCUT2D eigenvalue weighted by Gasteiger charge is 2.21. The summed E-state index contributed by atoms with van der Waals surface area (Å²) in [5, 5.41) is 5.92. The van der Waals surface area contributed by atoms with Gasteiger partial charge in [-0.1, -0.05) is 0 Å². The van der Waals surface area contributed by atoms with Crippen LogP contribution in [0.15, 0.2) is 12.1 Å². The van der Waals surface area contributed by atoms with Gasteiger partial charge in [0.25, 0.3) is 0 Å². The minimum atomic E-state index is -0.206. The van der Waals surface area contributed by atoms with Crippen LogP contribution in [0, 0.1) is 12.7 Å². The van der Waals surface area contributed by atoms with Gasteiger partial charge in [0.05, 0.1) is 6.54 Å². The summed E-state index contributed by atoms with van der Waals surface area (Å²) in [4.78, 5) is 13.5. The van der Waals surface area contributed by atoms with Crippen molar-refractivity contribution >= 4 is 11.6 Å². The number of piperazine rings is 1. The first-order valence-corrected chi connectivity index (χ1v) is 6.52. The Morgan fingerprint density at radius 2 is 2.21 bits per heavy atom. The number of benzene rings is 1. The first-order valence-electron chi connectivity index (χ1n) is 6.52. The fourth-order valence-electron chi connectivity index (χ4n) is 2.30. The number of hydrogen-bond donors (Lipinski definition) is 2. The van der Waals surface area contributed by atoms with Crippen molar-refractivity contribution in [3.05, 3.63) is 29.1 Å². The molecule has 1 fully saturated rings. The molecule has 104 valence electrons.